The van der Waals surface area contributed by atoms with Gasteiger partial charge in [0.1, 0.15) is 5.69 Å². The van der Waals surface area contributed by atoms with Crippen molar-refractivity contribution < 1.29 is 9.72 Å². The van der Waals surface area contributed by atoms with Crippen molar-refractivity contribution in [3.8, 4) is 5.69 Å². The van der Waals surface area contributed by atoms with Crippen LogP contribution in [0.1, 0.15) is 11.3 Å². The zero-order valence-corrected chi connectivity index (χ0v) is 20.4. The molecule has 1 aliphatic heterocycles. The van der Waals surface area contributed by atoms with E-state index in [0.29, 0.717) is 16.9 Å². The SMILES string of the molecule is Cc1c(N2C(=O)/C(=C/C(Cl)=C/c3ccc([N+](=O)[O-])cc3)SC2=S)c(=O)n(-c2ccccc2)n1C. The van der Waals surface area contributed by atoms with Crippen molar-refractivity contribution in [1.29, 1.82) is 0 Å². The number of amides is 1. The summed E-state index contributed by atoms with van der Waals surface area (Å²) in [4.78, 5) is 38.3. The predicted octanol–water partition coefficient (Wildman–Crippen LogP) is 4.92. The van der Waals surface area contributed by atoms with Gasteiger partial charge >= 0.3 is 0 Å². The summed E-state index contributed by atoms with van der Waals surface area (Å²) in [5.41, 5.74) is 1.67. The highest BCUT2D eigenvalue weighted by atomic mass is 35.5. The van der Waals surface area contributed by atoms with Crippen molar-refractivity contribution >= 4 is 63.3 Å². The maximum absolute atomic E-state index is 13.3. The summed E-state index contributed by atoms with van der Waals surface area (Å²) < 4.78 is 3.38. The van der Waals surface area contributed by atoms with Crippen molar-refractivity contribution in [2.75, 3.05) is 4.90 Å². The third kappa shape index (κ3) is 4.35. The number of thioether (sulfide) groups is 1. The molecule has 1 aromatic heterocycles. The number of halogens is 1. The van der Waals surface area contributed by atoms with Crippen LogP contribution in [0.5, 0.6) is 0 Å². The summed E-state index contributed by atoms with van der Waals surface area (Å²) in [6.07, 6.45) is 3.05. The second-order valence-corrected chi connectivity index (χ2v) is 9.42. The van der Waals surface area contributed by atoms with Gasteiger partial charge in [-0.2, -0.15) is 0 Å². The molecular weight excluding hydrogens is 496 g/mol. The normalized spacial score (nSPS) is 15.4. The van der Waals surface area contributed by atoms with Crippen LogP contribution in [0.15, 0.2) is 75.4 Å². The Kier molecular flexibility index (Phi) is 6.56. The lowest BCUT2D eigenvalue weighted by molar-refractivity contribution is -0.384. The van der Waals surface area contributed by atoms with Gasteiger partial charge in [-0.3, -0.25) is 29.3 Å². The summed E-state index contributed by atoms with van der Waals surface area (Å²) in [7, 11) is 1.74. The maximum Gasteiger partial charge on any atom is 0.296 e. The Bertz CT molecular complexity index is 1440. The molecule has 34 heavy (non-hydrogen) atoms. The van der Waals surface area contributed by atoms with Crippen LogP contribution in [0.4, 0.5) is 11.4 Å². The van der Waals surface area contributed by atoms with E-state index in [1.54, 1.807) is 49.0 Å². The van der Waals surface area contributed by atoms with Crippen molar-refractivity contribution in [2.24, 2.45) is 7.05 Å². The molecule has 8 nitrogen and oxygen atoms in total. The van der Waals surface area contributed by atoms with Crippen LogP contribution in [0.25, 0.3) is 11.8 Å². The van der Waals surface area contributed by atoms with Crippen LogP contribution < -0.4 is 10.5 Å². The number of hydrogen-bond acceptors (Lipinski definition) is 6. The van der Waals surface area contributed by atoms with E-state index in [2.05, 4.69) is 0 Å². The number of non-ortho nitro benzene ring substituents is 1. The first kappa shape index (κ1) is 23.7. The van der Waals surface area contributed by atoms with Gasteiger partial charge in [0.15, 0.2) is 4.32 Å². The number of rotatable bonds is 5. The lowest BCUT2D eigenvalue weighted by Gasteiger charge is -2.12. The first-order chi connectivity index (χ1) is 16.2. The van der Waals surface area contributed by atoms with E-state index in [1.807, 2.05) is 18.2 Å². The molecular formula is C23H17ClN4O4S2. The Balaban J connectivity index is 1.67. The molecule has 2 heterocycles. The number of para-hydroxylation sites is 1. The quantitative estimate of drug-likeness (QED) is 0.208. The van der Waals surface area contributed by atoms with Crippen LogP contribution in [-0.4, -0.2) is 24.5 Å². The highest BCUT2D eigenvalue weighted by Gasteiger charge is 2.37. The zero-order valence-electron chi connectivity index (χ0n) is 18.0. The smallest absolute Gasteiger partial charge is 0.283 e. The molecule has 3 aromatic rings. The van der Waals surface area contributed by atoms with E-state index < -0.39 is 10.8 Å². The van der Waals surface area contributed by atoms with Crippen molar-refractivity contribution in [3.63, 3.8) is 0 Å². The maximum atomic E-state index is 13.3. The van der Waals surface area contributed by atoms with Gasteiger partial charge in [-0.1, -0.05) is 53.8 Å². The zero-order chi connectivity index (χ0) is 24.6. The number of allylic oxidation sites excluding steroid dienone is 2. The fraction of sp³-hybridized carbons (Fsp3) is 0.0870. The van der Waals surface area contributed by atoms with E-state index in [1.165, 1.54) is 27.8 Å². The molecule has 0 unspecified atom stereocenters. The Morgan fingerprint density at radius 3 is 2.38 bits per heavy atom. The third-order valence-electron chi connectivity index (χ3n) is 5.22. The number of thiocarbonyl (C=S) groups is 1. The van der Waals surface area contributed by atoms with Gasteiger partial charge in [0.2, 0.25) is 0 Å². The lowest BCUT2D eigenvalue weighted by Crippen LogP contribution is -2.33. The van der Waals surface area contributed by atoms with E-state index in [9.17, 15) is 19.7 Å². The number of nitro benzene ring substituents is 1. The highest BCUT2D eigenvalue weighted by Crippen LogP contribution is 2.36. The number of carbonyl (C=O) groups is 1. The molecule has 1 amide bonds. The van der Waals surface area contributed by atoms with Crippen LogP contribution in [0.2, 0.25) is 0 Å². The number of hydrogen-bond donors (Lipinski definition) is 0. The first-order valence-corrected chi connectivity index (χ1v) is 11.5. The highest BCUT2D eigenvalue weighted by molar-refractivity contribution is 8.27. The van der Waals surface area contributed by atoms with Crippen molar-refractivity contribution in [3.05, 3.63) is 102 Å². The molecule has 1 saturated heterocycles. The standard InChI is InChI=1S/C23H17ClN4O4S2/c1-14-20(22(30)27(25(14)2)17-6-4-3-5-7-17)26-21(29)19(34-23(26)33)13-16(24)12-15-8-10-18(11-9-15)28(31)32/h3-13H,1-2H3/b16-12-,19-13-. The average molecular weight is 513 g/mol. The summed E-state index contributed by atoms with van der Waals surface area (Å²) in [6, 6.07) is 15.0. The number of benzene rings is 2. The Labute approximate surface area is 208 Å². The van der Waals surface area contributed by atoms with Crippen LogP contribution in [0.3, 0.4) is 0 Å². The monoisotopic (exact) mass is 512 g/mol. The molecule has 1 aliphatic rings. The van der Waals surface area contributed by atoms with E-state index in [4.69, 9.17) is 23.8 Å². The van der Waals surface area contributed by atoms with Crippen molar-refractivity contribution in [1.82, 2.24) is 9.36 Å². The molecule has 0 bridgehead atoms. The molecule has 0 saturated carbocycles. The fourth-order valence-corrected chi connectivity index (χ4v) is 5.05. The second-order valence-electron chi connectivity index (χ2n) is 7.31. The van der Waals surface area contributed by atoms with Crippen molar-refractivity contribution in [2.45, 2.75) is 6.92 Å². The number of carbonyl (C=O) groups excluding carboxylic acids is 1. The van der Waals surface area contributed by atoms with Gasteiger partial charge in [0.05, 0.1) is 21.2 Å². The van der Waals surface area contributed by atoms with Gasteiger partial charge in [-0.25, -0.2) is 4.68 Å². The summed E-state index contributed by atoms with van der Waals surface area (Å²) in [6.45, 7) is 1.75. The van der Waals surface area contributed by atoms with E-state index in [0.717, 1.165) is 11.8 Å². The molecule has 0 aliphatic carbocycles. The Hall–Kier alpha value is -3.47. The number of nitro groups is 1. The number of aromatic nitrogens is 2. The Morgan fingerprint density at radius 1 is 1.12 bits per heavy atom. The van der Waals surface area contributed by atoms with Crippen LogP contribution in [0, 0.1) is 17.0 Å². The number of nitrogens with zero attached hydrogens (tertiary/aromatic N) is 4. The van der Waals surface area contributed by atoms with Crippen LogP contribution in [-0.2, 0) is 11.8 Å². The van der Waals surface area contributed by atoms with Gasteiger partial charge in [0, 0.05) is 24.2 Å². The van der Waals surface area contributed by atoms with Gasteiger partial charge in [-0.15, -0.1) is 0 Å². The van der Waals surface area contributed by atoms with Gasteiger partial charge < -0.3 is 0 Å². The largest absolute Gasteiger partial charge is 0.296 e. The molecule has 172 valence electrons. The van der Waals surface area contributed by atoms with E-state index in [-0.39, 0.29) is 31.2 Å². The molecule has 2 aromatic carbocycles. The Morgan fingerprint density at radius 2 is 1.76 bits per heavy atom. The van der Waals surface area contributed by atoms with Crippen LogP contribution >= 0.6 is 35.6 Å². The minimum absolute atomic E-state index is 0.0338. The van der Waals surface area contributed by atoms with E-state index >= 15 is 0 Å². The number of anilines is 1. The molecule has 11 heteroatoms. The lowest BCUT2D eigenvalue weighted by atomic mass is 10.2. The minimum atomic E-state index is -0.488. The van der Waals surface area contributed by atoms with Gasteiger partial charge in [-0.05, 0) is 48.9 Å². The third-order valence-corrected chi connectivity index (χ3v) is 6.74. The molecule has 1 fully saturated rings. The summed E-state index contributed by atoms with van der Waals surface area (Å²) >= 11 is 12.8. The first-order valence-electron chi connectivity index (χ1n) is 9.92. The molecule has 0 atom stereocenters. The summed E-state index contributed by atoms with van der Waals surface area (Å²) in [5.74, 6) is -0.448. The minimum Gasteiger partial charge on any atom is -0.283 e. The van der Waals surface area contributed by atoms with Gasteiger partial charge in [0.25, 0.3) is 17.2 Å². The second kappa shape index (κ2) is 9.41. The summed E-state index contributed by atoms with van der Waals surface area (Å²) in [5, 5.41) is 11.0. The molecule has 4 rings (SSSR count). The molecule has 0 radical (unpaired) electrons. The topological polar surface area (TPSA) is 90.4 Å². The fourth-order valence-electron chi connectivity index (χ4n) is 3.49. The predicted molar refractivity (Wildman–Crippen MR) is 138 cm³/mol. The molecule has 0 spiro atoms. The average Bonchev–Trinajstić information content (AvgIpc) is 3.19. The molecule has 0 N–H and O–H groups in total.